The highest BCUT2D eigenvalue weighted by molar-refractivity contribution is 5.93. The topological polar surface area (TPSA) is 120 Å². The monoisotopic (exact) mass is 488 g/mol. The van der Waals surface area contributed by atoms with E-state index in [9.17, 15) is 14.4 Å². The summed E-state index contributed by atoms with van der Waals surface area (Å²) in [7, 11) is 0. The van der Waals surface area contributed by atoms with Crippen molar-refractivity contribution in [2.75, 3.05) is 0 Å². The van der Waals surface area contributed by atoms with Crippen molar-refractivity contribution in [1.29, 1.82) is 0 Å². The molecule has 1 aliphatic heterocycles. The Labute approximate surface area is 206 Å². The van der Waals surface area contributed by atoms with Gasteiger partial charge < -0.3 is 16.0 Å². The Morgan fingerprint density at radius 3 is 2.24 bits per heavy atom. The fourth-order valence-corrected chi connectivity index (χ4v) is 4.02. The van der Waals surface area contributed by atoms with Crippen LogP contribution in [-0.2, 0) is 33.8 Å². The first kappa shape index (κ1) is 27.3. The van der Waals surface area contributed by atoms with Gasteiger partial charge in [0.05, 0.1) is 6.04 Å². The van der Waals surface area contributed by atoms with E-state index >= 15 is 0 Å². The third-order valence-corrected chi connectivity index (χ3v) is 5.76. The summed E-state index contributed by atoms with van der Waals surface area (Å²) >= 11 is 0. The zero-order valence-electron chi connectivity index (χ0n) is 19.4. The summed E-state index contributed by atoms with van der Waals surface area (Å²) in [6.45, 7) is 4.51. The highest BCUT2D eigenvalue weighted by Crippen LogP contribution is 2.17. The molecule has 34 heavy (non-hydrogen) atoms. The molecule has 0 radical (unpaired) electrons. The molecular weight excluding hydrogens is 456 g/mol. The molecule has 9 heteroatoms. The van der Waals surface area contributed by atoms with Gasteiger partial charge in [-0.05, 0) is 35.4 Å². The maximum atomic E-state index is 13.1. The normalized spacial score (nSPS) is 16.4. The van der Waals surface area contributed by atoms with Crippen LogP contribution in [0.2, 0.25) is 0 Å². The van der Waals surface area contributed by atoms with Gasteiger partial charge in [0.2, 0.25) is 11.8 Å². The number of benzene rings is 2. The minimum atomic E-state index is -0.976. The summed E-state index contributed by atoms with van der Waals surface area (Å²) in [5.74, 6) is -1.29. The molecule has 1 aliphatic rings. The molecule has 0 aromatic heterocycles. The summed E-state index contributed by atoms with van der Waals surface area (Å²) in [4.78, 5) is 38.3. The molecule has 5 N–H and O–H groups in total. The molecule has 0 bridgehead atoms. The number of hydrogen-bond acceptors (Lipinski definition) is 5. The van der Waals surface area contributed by atoms with Crippen molar-refractivity contribution in [3.63, 3.8) is 0 Å². The van der Waals surface area contributed by atoms with Crippen LogP contribution in [0.4, 0.5) is 0 Å². The van der Waals surface area contributed by atoms with E-state index in [2.05, 4.69) is 16.0 Å². The Kier molecular flexibility index (Phi) is 10.5. The van der Waals surface area contributed by atoms with Crippen LogP contribution in [0.15, 0.2) is 54.6 Å². The molecule has 8 nitrogen and oxygen atoms in total. The average molecular weight is 489 g/mol. The first-order valence-electron chi connectivity index (χ1n) is 11.3. The van der Waals surface area contributed by atoms with Crippen LogP contribution < -0.4 is 21.4 Å². The molecule has 3 atom stereocenters. The number of nitrogens with one attached hydrogen (secondary N) is 4. The second-order valence-corrected chi connectivity index (χ2v) is 8.82. The van der Waals surface area contributed by atoms with E-state index in [1.54, 1.807) is 5.48 Å². The summed E-state index contributed by atoms with van der Waals surface area (Å²) in [5.41, 5.74) is 4.73. The second kappa shape index (κ2) is 13.1. The lowest BCUT2D eigenvalue weighted by atomic mass is 9.95. The van der Waals surface area contributed by atoms with Crippen LogP contribution in [0.3, 0.4) is 0 Å². The molecule has 0 saturated heterocycles. The van der Waals surface area contributed by atoms with Crippen LogP contribution in [0, 0.1) is 5.92 Å². The van der Waals surface area contributed by atoms with E-state index < -0.39 is 29.9 Å². The highest BCUT2D eigenvalue weighted by atomic mass is 35.5. The molecule has 0 spiro atoms. The Balaban J connectivity index is 0.00000408. The van der Waals surface area contributed by atoms with Gasteiger partial charge in [-0.1, -0.05) is 68.4 Å². The number of hydrogen-bond donors (Lipinski definition) is 5. The van der Waals surface area contributed by atoms with Gasteiger partial charge in [-0.25, -0.2) is 5.48 Å². The predicted molar refractivity (Wildman–Crippen MR) is 131 cm³/mol. The number of amides is 3. The van der Waals surface area contributed by atoms with E-state index in [0.717, 1.165) is 16.7 Å². The maximum Gasteiger partial charge on any atom is 0.266 e. The van der Waals surface area contributed by atoms with Crippen molar-refractivity contribution in [3.05, 3.63) is 71.3 Å². The average Bonchev–Trinajstić information content (AvgIpc) is 2.82. The van der Waals surface area contributed by atoms with Crippen LogP contribution in [0.1, 0.15) is 37.0 Å². The van der Waals surface area contributed by atoms with E-state index in [0.29, 0.717) is 19.4 Å². The van der Waals surface area contributed by atoms with Gasteiger partial charge in [-0.3, -0.25) is 19.6 Å². The first-order chi connectivity index (χ1) is 15.9. The Bertz CT molecular complexity index is 970. The van der Waals surface area contributed by atoms with Crippen LogP contribution in [-0.4, -0.2) is 41.1 Å². The third-order valence-electron chi connectivity index (χ3n) is 5.76. The van der Waals surface area contributed by atoms with E-state index in [4.69, 9.17) is 5.21 Å². The van der Waals surface area contributed by atoms with Crippen molar-refractivity contribution in [2.45, 2.75) is 57.8 Å². The smallest absolute Gasteiger partial charge is 0.266 e. The predicted octanol–water partition coefficient (Wildman–Crippen LogP) is 1.89. The lowest BCUT2D eigenvalue weighted by Crippen LogP contribution is -2.57. The molecule has 1 heterocycles. The van der Waals surface area contributed by atoms with Crippen LogP contribution >= 0.6 is 12.4 Å². The minimum Gasteiger partial charge on any atom is -0.343 e. The van der Waals surface area contributed by atoms with Crippen molar-refractivity contribution >= 4 is 30.1 Å². The number of fused-ring (bicyclic) bond motifs is 1. The van der Waals surface area contributed by atoms with Crippen molar-refractivity contribution in [3.8, 4) is 0 Å². The number of halogens is 1. The molecule has 3 rings (SSSR count). The Morgan fingerprint density at radius 1 is 0.941 bits per heavy atom. The van der Waals surface area contributed by atoms with Crippen LogP contribution in [0.5, 0.6) is 0 Å². The summed E-state index contributed by atoms with van der Waals surface area (Å²) in [6.07, 6.45) is 1.17. The molecule has 0 saturated carbocycles. The van der Waals surface area contributed by atoms with Crippen molar-refractivity contribution < 1.29 is 19.6 Å². The van der Waals surface area contributed by atoms with Gasteiger partial charge in [0.25, 0.3) is 5.91 Å². The fraction of sp³-hybridized carbons (Fsp3) is 0.400. The van der Waals surface area contributed by atoms with Crippen molar-refractivity contribution in [2.24, 2.45) is 5.92 Å². The number of carbonyl (C=O) groups excluding carboxylic acids is 3. The van der Waals surface area contributed by atoms with Gasteiger partial charge in [-0.2, -0.15) is 0 Å². The molecule has 2 aromatic carbocycles. The van der Waals surface area contributed by atoms with E-state index in [1.165, 1.54) is 0 Å². The third kappa shape index (κ3) is 7.55. The maximum absolute atomic E-state index is 13.1. The molecule has 0 unspecified atom stereocenters. The van der Waals surface area contributed by atoms with Gasteiger partial charge in [0, 0.05) is 13.0 Å². The molecule has 0 fully saturated rings. The van der Waals surface area contributed by atoms with Crippen molar-refractivity contribution in [1.82, 2.24) is 21.4 Å². The molecular formula is C25H33ClN4O4. The standard InChI is InChI=1S/C25H32N4O4.ClH/c1-16(2)12-21(27-23(30)20-14-18-10-6-7-11-19(18)15-26-20)24(31)28-22(25(32)29-33)13-17-8-4-3-5-9-17;/h3-11,16,20-22,26,33H,12-15H2,1-2H3,(H,27,30)(H,28,31)(H,29,32);1H/t20-,21-,22-;/m0./s1. The zero-order valence-corrected chi connectivity index (χ0v) is 20.2. The van der Waals surface area contributed by atoms with Gasteiger partial charge in [0.1, 0.15) is 12.1 Å². The van der Waals surface area contributed by atoms with Gasteiger partial charge in [-0.15, -0.1) is 12.4 Å². The van der Waals surface area contributed by atoms with E-state index in [-0.39, 0.29) is 30.7 Å². The number of hydroxylamine groups is 1. The molecule has 2 aromatic rings. The lowest BCUT2D eigenvalue weighted by molar-refractivity contribution is -0.136. The molecule has 0 aliphatic carbocycles. The molecule has 3 amide bonds. The largest absolute Gasteiger partial charge is 0.343 e. The molecule has 184 valence electrons. The summed E-state index contributed by atoms with van der Waals surface area (Å²) in [5, 5.41) is 17.9. The van der Waals surface area contributed by atoms with Crippen LogP contribution in [0.25, 0.3) is 0 Å². The fourth-order valence-electron chi connectivity index (χ4n) is 4.02. The number of carbonyl (C=O) groups is 3. The summed E-state index contributed by atoms with van der Waals surface area (Å²) < 4.78 is 0. The van der Waals surface area contributed by atoms with Gasteiger partial charge in [0.15, 0.2) is 0 Å². The first-order valence-corrected chi connectivity index (χ1v) is 11.3. The van der Waals surface area contributed by atoms with E-state index in [1.807, 2.05) is 68.4 Å². The number of rotatable bonds is 9. The Hall–Kier alpha value is -2.94. The lowest BCUT2D eigenvalue weighted by Gasteiger charge is -2.28. The highest BCUT2D eigenvalue weighted by Gasteiger charge is 2.31. The Morgan fingerprint density at radius 2 is 1.59 bits per heavy atom. The quantitative estimate of drug-likeness (QED) is 0.273. The summed E-state index contributed by atoms with van der Waals surface area (Å²) in [6, 6.07) is 14.9. The second-order valence-electron chi connectivity index (χ2n) is 8.82. The zero-order chi connectivity index (χ0) is 23.8. The van der Waals surface area contributed by atoms with Gasteiger partial charge >= 0.3 is 0 Å². The minimum absolute atomic E-state index is 0. The SMILES string of the molecule is CC(C)C[C@H](NC(=O)[C@@H]1Cc2ccccc2CN1)C(=O)N[C@@H](Cc1ccccc1)C(=O)NO.Cl.